The standard InChI is InChI=1S/C11H9N5O2/c1-12-10-9-11(14-6-13-10)16(18)8-5-3-2-4-7(8)15(9)17/h2-6H,1H3,(H,12,13,14). The first-order valence-electron chi connectivity index (χ1n) is 5.30. The summed E-state index contributed by atoms with van der Waals surface area (Å²) in [7, 11) is 1.63. The van der Waals surface area contributed by atoms with Gasteiger partial charge in [-0.25, -0.2) is 4.73 Å². The first-order chi connectivity index (χ1) is 8.74. The fourth-order valence-electron chi connectivity index (χ4n) is 1.93. The van der Waals surface area contributed by atoms with Gasteiger partial charge in [0.15, 0.2) is 0 Å². The summed E-state index contributed by atoms with van der Waals surface area (Å²) >= 11 is 0. The molecule has 3 rings (SSSR count). The van der Waals surface area contributed by atoms with E-state index in [0.29, 0.717) is 15.3 Å². The lowest BCUT2D eigenvalue weighted by atomic mass is 10.3. The molecule has 0 spiro atoms. The number of benzene rings is 1. The summed E-state index contributed by atoms with van der Waals surface area (Å²) in [6.45, 7) is 0. The molecule has 3 aromatic rings. The summed E-state index contributed by atoms with van der Waals surface area (Å²) in [6, 6.07) is 6.56. The van der Waals surface area contributed by atoms with Crippen molar-refractivity contribution in [2.24, 2.45) is 0 Å². The number of hydrogen-bond donors (Lipinski definition) is 1. The molecule has 0 aliphatic heterocycles. The predicted octanol–water partition coefficient (Wildman–Crippen LogP) is 0.0915. The molecule has 90 valence electrons. The molecule has 0 saturated carbocycles. The Morgan fingerprint density at radius 2 is 1.72 bits per heavy atom. The second-order valence-electron chi connectivity index (χ2n) is 3.72. The Morgan fingerprint density at radius 3 is 2.39 bits per heavy atom. The monoisotopic (exact) mass is 243 g/mol. The zero-order chi connectivity index (χ0) is 12.7. The number of nitrogens with zero attached hydrogens (tertiary/aromatic N) is 4. The van der Waals surface area contributed by atoms with Crippen LogP contribution >= 0.6 is 0 Å². The van der Waals surface area contributed by atoms with Gasteiger partial charge in [-0.3, -0.25) is 0 Å². The minimum Gasteiger partial charge on any atom is -0.710 e. The Balaban J connectivity index is 2.63. The maximum atomic E-state index is 12.3. The molecule has 0 aliphatic rings. The van der Waals surface area contributed by atoms with Gasteiger partial charge < -0.3 is 15.7 Å². The number of anilines is 1. The van der Waals surface area contributed by atoms with E-state index in [0.717, 1.165) is 0 Å². The lowest BCUT2D eigenvalue weighted by Crippen LogP contribution is -2.40. The number of fused-ring (bicyclic) bond motifs is 2. The van der Waals surface area contributed by atoms with E-state index in [1.54, 1.807) is 31.3 Å². The van der Waals surface area contributed by atoms with Crippen LogP contribution < -0.4 is 14.8 Å². The van der Waals surface area contributed by atoms with Crippen LogP contribution in [-0.4, -0.2) is 17.0 Å². The summed E-state index contributed by atoms with van der Waals surface area (Å²) in [6.07, 6.45) is 1.25. The molecule has 7 heteroatoms. The molecule has 7 nitrogen and oxygen atoms in total. The number of para-hydroxylation sites is 2. The van der Waals surface area contributed by atoms with Gasteiger partial charge in [-0.2, -0.15) is 9.71 Å². The zero-order valence-corrected chi connectivity index (χ0v) is 9.49. The van der Waals surface area contributed by atoms with E-state index in [1.807, 2.05) is 0 Å². The van der Waals surface area contributed by atoms with Gasteiger partial charge in [0.05, 0.1) is 0 Å². The molecular weight excluding hydrogens is 234 g/mol. The molecule has 0 saturated heterocycles. The van der Waals surface area contributed by atoms with Gasteiger partial charge in [-0.15, -0.1) is 0 Å². The van der Waals surface area contributed by atoms with E-state index in [-0.39, 0.29) is 22.2 Å². The van der Waals surface area contributed by atoms with Gasteiger partial charge in [0, 0.05) is 13.1 Å². The predicted molar refractivity (Wildman–Crippen MR) is 64.5 cm³/mol. The SMILES string of the molecule is CNc1ncnc2c1[n+]([O-])c1ccccc1[n+]2[O-]. The number of hydrogen-bond acceptors (Lipinski definition) is 5. The maximum Gasteiger partial charge on any atom is 0.406 e. The average Bonchev–Trinajstić information content (AvgIpc) is 2.44. The molecule has 0 amide bonds. The van der Waals surface area contributed by atoms with Crippen LogP contribution in [0, 0.1) is 10.4 Å². The minimum atomic E-state index is 0.0445. The first-order valence-corrected chi connectivity index (χ1v) is 5.30. The van der Waals surface area contributed by atoms with Gasteiger partial charge in [0.1, 0.15) is 0 Å². The van der Waals surface area contributed by atoms with Crippen molar-refractivity contribution >= 4 is 28.0 Å². The third kappa shape index (κ3) is 1.24. The smallest absolute Gasteiger partial charge is 0.406 e. The van der Waals surface area contributed by atoms with Crippen LogP contribution in [0.1, 0.15) is 0 Å². The zero-order valence-electron chi connectivity index (χ0n) is 9.49. The Kier molecular flexibility index (Phi) is 2.12. The molecule has 0 bridgehead atoms. The van der Waals surface area contributed by atoms with E-state index in [1.165, 1.54) is 6.33 Å². The number of nitrogens with one attached hydrogen (secondary N) is 1. The van der Waals surface area contributed by atoms with Gasteiger partial charge >= 0.3 is 11.2 Å². The average molecular weight is 243 g/mol. The van der Waals surface area contributed by atoms with Crippen LogP contribution in [0.15, 0.2) is 30.6 Å². The number of rotatable bonds is 1. The van der Waals surface area contributed by atoms with Crippen molar-refractivity contribution in [3.8, 4) is 0 Å². The van der Waals surface area contributed by atoms with E-state index in [2.05, 4.69) is 15.3 Å². The molecule has 0 fully saturated rings. The molecular formula is C11H9N5O2. The quantitative estimate of drug-likeness (QED) is 0.371. The van der Waals surface area contributed by atoms with E-state index in [9.17, 15) is 10.4 Å². The number of aromatic nitrogens is 4. The molecule has 0 unspecified atom stereocenters. The topological polar surface area (TPSA) is 91.7 Å². The molecule has 0 aliphatic carbocycles. The highest BCUT2D eigenvalue weighted by Crippen LogP contribution is 2.15. The Labute approximate surface area is 102 Å². The Hall–Kier alpha value is -2.70. The van der Waals surface area contributed by atoms with E-state index >= 15 is 0 Å². The summed E-state index contributed by atoms with van der Waals surface area (Å²) in [4.78, 5) is 7.82. The molecule has 1 N–H and O–H groups in total. The van der Waals surface area contributed by atoms with Crippen molar-refractivity contribution in [3.05, 3.63) is 41.0 Å². The lowest BCUT2D eigenvalue weighted by Gasteiger charge is -2.10. The second kappa shape index (κ2) is 3.66. The summed E-state index contributed by atoms with van der Waals surface area (Å²) < 4.78 is 1.31. The Bertz CT molecular complexity index is 759. The molecule has 0 atom stereocenters. The van der Waals surface area contributed by atoms with Crippen LogP contribution in [-0.2, 0) is 0 Å². The Morgan fingerprint density at radius 1 is 1.06 bits per heavy atom. The van der Waals surface area contributed by atoms with Crippen molar-refractivity contribution in [1.82, 2.24) is 9.97 Å². The van der Waals surface area contributed by atoms with Crippen LogP contribution in [0.5, 0.6) is 0 Å². The highest BCUT2D eigenvalue weighted by molar-refractivity contribution is 5.81. The van der Waals surface area contributed by atoms with E-state index < -0.39 is 0 Å². The van der Waals surface area contributed by atoms with Crippen molar-refractivity contribution in [2.45, 2.75) is 0 Å². The fraction of sp³-hybridized carbons (Fsp3) is 0.0909. The van der Waals surface area contributed by atoms with Crippen LogP contribution in [0.3, 0.4) is 0 Å². The van der Waals surface area contributed by atoms with Crippen molar-refractivity contribution in [3.63, 3.8) is 0 Å². The van der Waals surface area contributed by atoms with Gasteiger partial charge in [-0.1, -0.05) is 12.1 Å². The molecule has 0 radical (unpaired) electrons. The van der Waals surface area contributed by atoms with Crippen LogP contribution in [0.25, 0.3) is 22.2 Å². The van der Waals surface area contributed by atoms with Crippen LogP contribution in [0.4, 0.5) is 5.82 Å². The van der Waals surface area contributed by atoms with Gasteiger partial charge in [-0.05, 0) is 11.1 Å². The molecule has 2 heterocycles. The highest BCUT2D eigenvalue weighted by Gasteiger charge is 2.24. The second-order valence-corrected chi connectivity index (χ2v) is 3.72. The van der Waals surface area contributed by atoms with Crippen molar-refractivity contribution < 1.29 is 9.46 Å². The fourth-order valence-corrected chi connectivity index (χ4v) is 1.93. The van der Waals surface area contributed by atoms with Crippen molar-refractivity contribution in [1.29, 1.82) is 0 Å². The highest BCUT2D eigenvalue weighted by atomic mass is 16.5. The van der Waals surface area contributed by atoms with Crippen LogP contribution in [0.2, 0.25) is 0 Å². The lowest BCUT2D eigenvalue weighted by molar-refractivity contribution is -0.592. The minimum absolute atomic E-state index is 0.0445. The van der Waals surface area contributed by atoms with Gasteiger partial charge in [0.25, 0.3) is 5.52 Å². The largest absolute Gasteiger partial charge is 0.710 e. The summed E-state index contributed by atoms with van der Waals surface area (Å²) in [5.74, 6) is 0.324. The van der Waals surface area contributed by atoms with E-state index in [4.69, 9.17) is 0 Å². The van der Waals surface area contributed by atoms with Crippen molar-refractivity contribution in [2.75, 3.05) is 12.4 Å². The third-order valence-electron chi connectivity index (χ3n) is 2.75. The molecule has 1 aromatic carbocycles. The normalized spacial score (nSPS) is 10.9. The third-order valence-corrected chi connectivity index (χ3v) is 2.75. The molecule has 18 heavy (non-hydrogen) atoms. The molecule has 2 aromatic heterocycles. The first kappa shape index (κ1) is 10.5. The summed E-state index contributed by atoms with van der Waals surface area (Å²) in [5, 5.41) is 27.2. The maximum absolute atomic E-state index is 12.3. The summed E-state index contributed by atoms with van der Waals surface area (Å²) in [5.41, 5.74) is 0.740. The van der Waals surface area contributed by atoms with Gasteiger partial charge in [0.2, 0.25) is 17.7 Å².